The van der Waals surface area contributed by atoms with Crippen LogP contribution >= 0.6 is 0 Å². The van der Waals surface area contributed by atoms with Gasteiger partial charge in [-0.3, -0.25) is 0 Å². The Bertz CT molecular complexity index is 778. The van der Waals surface area contributed by atoms with Crippen LogP contribution in [0, 0.1) is 0 Å². The van der Waals surface area contributed by atoms with E-state index >= 15 is 0 Å². The van der Waals surface area contributed by atoms with Gasteiger partial charge in [-0.25, -0.2) is 8.42 Å². The third-order valence-electron chi connectivity index (χ3n) is 2.61. The van der Waals surface area contributed by atoms with Gasteiger partial charge in [0.2, 0.25) is 9.84 Å². The average molecular weight is 300 g/mol. The fourth-order valence-electron chi connectivity index (χ4n) is 1.62. The third kappa shape index (κ3) is 3.13. The molecule has 0 heterocycles. The van der Waals surface area contributed by atoms with E-state index in [1.54, 1.807) is 0 Å². The van der Waals surface area contributed by atoms with Gasteiger partial charge >= 0.3 is 0 Å². The van der Waals surface area contributed by atoms with Crippen LogP contribution in [0.5, 0.6) is 0 Å². The number of nitrogens with zero attached hydrogens (tertiary/aromatic N) is 6. The molecule has 8 nitrogen and oxygen atoms in total. The van der Waals surface area contributed by atoms with Crippen LogP contribution in [0.4, 0.5) is 11.4 Å². The van der Waals surface area contributed by atoms with Crippen molar-refractivity contribution in [1.29, 1.82) is 0 Å². The standard InChI is InChI=1S/C12H8N6O2S/c13-17-15-9-1-5-11(6-2-9)21(19,20)12-7-3-10(4-8-12)16-18-14/h1-8H. The lowest BCUT2D eigenvalue weighted by atomic mass is 10.3. The predicted octanol–water partition coefficient (Wildman–Crippen LogP) is 4.40. The van der Waals surface area contributed by atoms with Gasteiger partial charge in [0.1, 0.15) is 0 Å². The van der Waals surface area contributed by atoms with Crippen LogP contribution in [0.3, 0.4) is 0 Å². The van der Waals surface area contributed by atoms with Crippen molar-refractivity contribution in [2.75, 3.05) is 0 Å². The Kier molecular flexibility index (Phi) is 4.10. The molecule has 2 aromatic carbocycles. The van der Waals surface area contributed by atoms with Crippen molar-refractivity contribution < 1.29 is 8.42 Å². The van der Waals surface area contributed by atoms with Crippen molar-refractivity contribution in [2.24, 2.45) is 10.2 Å². The molecule has 2 aromatic rings. The molecule has 0 aromatic heterocycles. The van der Waals surface area contributed by atoms with Crippen molar-refractivity contribution in [3.63, 3.8) is 0 Å². The van der Waals surface area contributed by atoms with E-state index in [-0.39, 0.29) is 9.79 Å². The van der Waals surface area contributed by atoms with Gasteiger partial charge in [-0.2, -0.15) is 0 Å². The van der Waals surface area contributed by atoms with Gasteiger partial charge in [-0.05, 0) is 35.3 Å². The maximum atomic E-state index is 12.4. The van der Waals surface area contributed by atoms with Crippen LogP contribution in [0.1, 0.15) is 0 Å². The van der Waals surface area contributed by atoms with Gasteiger partial charge in [0.25, 0.3) is 0 Å². The third-order valence-corrected chi connectivity index (χ3v) is 4.40. The Balaban J connectivity index is 2.41. The van der Waals surface area contributed by atoms with E-state index in [4.69, 9.17) is 11.1 Å². The van der Waals surface area contributed by atoms with E-state index in [0.29, 0.717) is 11.4 Å². The fraction of sp³-hybridized carbons (Fsp3) is 0. The topological polar surface area (TPSA) is 132 Å². The summed E-state index contributed by atoms with van der Waals surface area (Å²) in [6.45, 7) is 0. The molecule has 21 heavy (non-hydrogen) atoms. The quantitative estimate of drug-likeness (QED) is 0.470. The van der Waals surface area contributed by atoms with Crippen molar-refractivity contribution in [1.82, 2.24) is 0 Å². The van der Waals surface area contributed by atoms with Gasteiger partial charge in [-0.15, -0.1) is 0 Å². The fourth-order valence-corrected chi connectivity index (χ4v) is 2.88. The Hall–Kier alpha value is -2.99. The second-order valence-electron chi connectivity index (χ2n) is 3.87. The highest BCUT2D eigenvalue weighted by Crippen LogP contribution is 2.25. The molecule has 0 fully saturated rings. The van der Waals surface area contributed by atoms with Crippen molar-refractivity contribution in [3.8, 4) is 0 Å². The largest absolute Gasteiger partial charge is 0.219 e. The highest BCUT2D eigenvalue weighted by molar-refractivity contribution is 7.91. The van der Waals surface area contributed by atoms with Crippen LogP contribution in [-0.4, -0.2) is 8.42 Å². The minimum Gasteiger partial charge on any atom is -0.219 e. The van der Waals surface area contributed by atoms with E-state index < -0.39 is 9.84 Å². The number of benzene rings is 2. The molecule has 0 aliphatic heterocycles. The molecule has 0 saturated heterocycles. The predicted molar refractivity (Wildman–Crippen MR) is 75.9 cm³/mol. The molecule has 0 spiro atoms. The summed E-state index contributed by atoms with van der Waals surface area (Å²) in [6.07, 6.45) is 0. The molecule has 0 saturated carbocycles. The van der Waals surface area contributed by atoms with Crippen LogP contribution in [0.25, 0.3) is 20.9 Å². The molecule has 0 amide bonds. The minimum absolute atomic E-state index is 0.0796. The summed E-state index contributed by atoms with van der Waals surface area (Å²) in [7, 11) is -3.67. The van der Waals surface area contributed by atoms with Crippen LogP contribution in [0.2, 0.25) is 0 Å². The van der Waals surface area contributed by atoms with Crippen LogP contribution < -0.4 is 0 Å². The molecule has 0 bridgehead atoms. The molecule has 9 heteroatoms. The lowest BCUT2D eigenvalue weighted by molar-refractivity contribution is 0.596. The van der Waals surface area contributed by atoms with Crippen LogP contribution in [-0.2, 0) is 9.84 Å². The van der Waals surface area contributed by atoms with E-state index in [0.717, 1.165) is 0 Å². The molecule has 0 aliphatic carbocycles. The van der Waals surface area contributed by atoms with E-state index in [9.17, 15) is 8.42 Å². The summed E-state index contributed by atoms with van der Waals surface area (Å²) >= 11 is 0. The lowest BCUT2D eigenvalue weighted by Crippen LogP contribution is -2.01. The Morgan fingerprint density at radius 2 is 1.05 bits per heavy atom. The number of azide groups is 2. The number of hydrogen-bond acceptors (Lipinski definition) is 4. The Morgan fingerprint density at radius 3 is 1.33 bits per heavy atom. The molecule has 104 valence electrons. The van der Waals surface area contributed by atoms with Gasteiger partial charge in [0.05, 0.1) is 9.79 Å². The zero-order chi connectivity index (χ0) is 15.3. The molecule has 0 atom stereocenters. The van der Waals surface area contributed by atoms with Gasteiger partial charge in [0, 0.05) is 21.2 Å². The first-order chi connectivity index (χ1) is 10.1. The first kappa shape index (κ1) is 14.4. The first-order valence-corrected chi connectivity index (χ1v) is 7.11. The summed E-state index contributed by atoms with van der Waals surface area (Å²) in [6, 6.07) is 11.1. The molecule has 0 aliphatic rings. The maximum absolute atomic E-state index is 12.4. The lowest BCUT2D eigenvalue weighted by Gasteiger charge is -2.05. The molecule has 0 unspecified atom stereocenters. The second kappa shape index (κ2) is 5.98. The molecule has 2 rings (SSSR count). The summed E-state index contributed by atoms with van der Waals surface area (Å²) in [5, 5.41) is 6.75. The SMILES string of the molecule is [N-]=[N+]=Nc1ccc(S(=O)(=O)c2ccc(N=[N+]=[N-])cc2)cc1. The molecular formula is C12H8N6O2S. The van der Waals surface area contributed by atoms with Crippen LogP contribution in [0.15, 0.2) is 68.6 Å². The average Bonchev–Trinajstić information content (AvgIpc) is 2.49. The van der Waals surface area contributed by atoms with Gasteiger partial charge in [0.15, 0.2) is 0 Å². The van der Waals surface area contributed by atoms with Gasteiger partial charge < -0.3 is 0 Å². The van der Waals surface area contributed by atoms with Crippen molar-refractivity contribution in [2.45, 2.75) is 9.79 Å². The smallest absolute Gasteiger partial charge is 0.206 e. The summed E-state index contributed by atoms with van der Waals surface area (Å²) in [5.74, 6) is 0. The number of rotatable bonds is 4. The summed E-state index contributed by atoms with van der Waals surface area (Å²) in [5.41, 5.74) is 17.3. The number of sulfone groups is 1. The zero-order valence-corrected chi connectivity index (χ0v) is 11.3. The second-order valence-corrected chi connectivity index (χ2v) is 5.82. The first-order valence-electron chi connectivity index (χ1n) is 5.63. The van der Waals surface area contributed by atoms with Gasteiger partial charge in [-0.1, -0.05) is 34.5 Å². The summed E-state index contributed by atoms with van der Waals surface area (Å²) in [4.78, 5) is 5.40. The highest BCUT2D eigenvalue weighted by Gasteiger charge is 2.17. The van der Waals surface area contributed by atoms with E-state index in [1.165, 1.54) is 48.5 Å². The van der Waals surface area contributed by atoms with Crippen molar-refractivity contribution in [3.05, 3.63) is 69.4 Å². The monoisotopic (exact) mass is 300 g/mol. The van der Waals surface area contributed by atoms with E-state index in [2.05, 4.69) is 20.1 Å². The van der Waals surface area contributed by atoms with Crippen molar-refractivity contribution >= 4 is 21.2 Å². The Labute approximate surface area is 119 Å². The normalized spacial score (nSPS) is 10.3. The van der Waals surface area contributed by atoms with E-state index in [1.807, 2.05) is 0 Å². The molecule has 0 N–H and O–H groups in total. The highest BCUT2D eigenvalue weighted by atomic mass is 32.2. The zero-order valence-electron chi connectivity index (χ0n) is 10.5. The molecule has 0 radical (unpaired) electrons. The Morgan fingerprint density at radius 1 is 0.714 bits per heavy atom. The summed E-state index contributed by atoms with van der Waals surface area (Å²) < 4.78 is 24.7. The minimum atomic E-state index is -3.67. The molecular weight excluding hydrogens is 292 g/mol. The number of hydrogen-bond donors (Lipinski definition) is 0. The maximum Gasteiger partial charge on any atom is 0.206 e.